The van der Waals surface area contributed by atoms with Crippen molar-refractivity contribution < 1.29 is 18.6 Å². The quantitative estimate of drug-likeness (QED) is 0.122. The largest absolute Gasteiger partial charge is 0.723 e. The highest BCUT2D eigenvalue weighted by atomic mass is 31.2. The Hall–Kier alpha value is 0.0700. The Labute approximate surface area is 149 Å². The molecule has 0 aliphatic heterocycles. The van der Waals surface area contributed by atoms with Crippen molar-refractivity contribution in [2.75, 3.05) is 6.61 Å². The molecule has 24 heavy (non-hydrogen) atoms. The van der Waals surface area contributed by atoms with E-state index < -0.39 is 7.82 Å². The van der Waals surface area contributed by atoms with Gasteiger partial charge in [-0.25, -0.2) is 5.90 Å². The number of rotatable bonds is 19. The molecule has 0 amide bonds. The van der Waals surface area contributed by atoms with Gasteiger partial charge in [0.05, 0.1) is 0 Å². The van der Waals surface area contributed by atoms with E-state index in [1.807, 2.05) is 0 Å². The molecule has 0 aromatic carbocycles. The van der Waals surface area contributed by atoms with Gasteiger partial charge in [-0.2, -0.15) is 9.19 Å². The highest BCUT2D eigenvalue weighted by molar-refractivity contribution is 7.47. The van der Waals surface area contributed by atoms with Crippen molar-refractivity contribution in [3.63, 3.8) is 0 Å². The van der Waals surface area contributed by atoms with E-state index in [4.69, 9.17) is 4.89 Å². The van der Waals surface area contributed by atoms with Crippen LogP contribution in [0.25, 0.3) is 0 Å². The SMILES string of the molecule is CCCCCCCCCCCCCCCCCC[O+]P(=O)(O)ON. The molecule has 6 heteroatoms. The average Bonchev–Trinajstić information content (AvgIpc) is 2.57. The van der Waals surface area contributed by atoms with E-state index >= 15 is 0 Å². The minimum Gasteiger partial charge on any atom is -0.255 e. The Morgan fingerprint density at radius 1 is 0.750 bits per heavy atom. The zero-order chi connectivity index (χ0) is 17.9. The summed E-state index contributed by atoms with van der Waals surface area (Å²) in [6, 6.07) is 0. The molecule has 5 nitrogen and oxygen atoms in total. The monoisotopic (exact) mass is 365 g/mol. The summed E-state index contributed by atoms with van der Waals surface area (Å²) in [6.07, 6.45) is 20.8. The van der Waals surface area contributed by atoms with E-state index in [2.05, 4.69) is 22.0 Å². The van der Waals surface area contributed by atoms with Gasteiger partial charge >= 0.3 is 7.82 Å². The van der Waals surface area contributed by atoms with Gasteiger partial charge in [0.1, 0.15) is 0 Å². The topological polar surface area (TPSA) is 83.8 Å². The molecule has 1 unspecified atom stereocenters. The smallest absolute Gasteiger partial charge is 0.255 e. The highest BCUT2D eigenvalue weighted by Crippen LogP contribution is 2.40. The third-order valence-corrected chi connectivity index (χ3v) is 5.16. The number of phosphoric ester groups is 1. The molecule has 0 rings (SSSR count). The third kappa shape index (κ3) is 18.4. The predicted molar refractivity (Wildman–Crippen MR) is 101 cm³/mol. The van der Waals surface area contributed by atoms with Crippen LogP contribution in [0.4, 0.5) is 0 Å². The molecule has 0 saturated heterocycles. The van der Waals surface area contributed by atoms with Crippen molar-refractivity contribution >= 4 is 7.82 Å². The van der Waals surface area contributed by atoms with Crippen LogP contribution in [0.1, 0.15) is 110 Å². The van der Waals surface area contributed by atoms with E-state index in [9.17, 15) is 4.57 Å². The van der Waals surface area contributed by atoms with Crippen molar-refractivity contribution in [2.45, 2.75) is 110 Å². The lowest BCUT2D eigenvalue weighted by molar-refractivity contribution is 0.149. The van der Waals surface area contributed by atoms with Crippen molar-refractivity contribution in [1.82, 2.24) is 0 Å². The summed E-state index contributed by atoms with van der Waals surface area (Å²) in [5.74, 6) is 4.64. The first kappa shape index (κ1) is 24.1. The molecule has 0 aliphatic rings. The summed E-state index contributed by atoms with van der Waals surface area (Å²) in [5, 5.41) is 0. The normalized spacial score (nSPS) is 14.0. The summed E-state index contributed by atoms with van der Waals surface area (Å²) >= 11 is 0. The zero-order valence-corrected chi connectivity index (χ0v) is 16.6. The van der Waals surface area contributed by atoms with Crippen molar-refractivity contribution in [2.24, 2.45) is 5.90 Å². The van der Waals surface area contributed by atoms with Gasteiger partial charge in [0, 0.05) is 6.42 Å². The van der Waals surface area contributed by atoms with E-state index in [-0.39, 0.29) is 6.61 Å². The van der Waals surface area contributed by atoms with Gasteiger partial charge in [-0.3, -0.25) is 4.89 Å². The second-order valence-electron chi connectivity index (χ2n) is 6.71. The molecule has 0 fully saturated rings. The first-order chi connectivity index (χ1) is 11.6. The van der Waals surface area contributed by atoms with Crippen LogP contribution in [-0.4, -0.2) is 11.5 Å². The van der Waals surface area contributed by atoms with Crippen molar-refractivity contribution in [3.05, 3.63) is 0 Å². The molecular formula is C18H40NO4P+. The van der Waals surface area contributed by atoms with E-state index in [0.29, 0.717) is 0 Å². The van der Waals surface area contributed by atoms with Crippen molar-refractivity contribution in [3.8, 4) is 0 Å². The standard InChI is InChI=1S/C18H40NO4P/c1-2-3-4-5-6-7-8-9-10-11-12-13-14-15-16-17-18-22-24(20,21)23-19/h2-19H2,1H3,(H,20,21)/q+1. The Bertz CT molecular complexity index is 303. The van der Waals surface area contributed by atoms with Crippen LogP contribution >= 0.6 is 7.82 Å². The van der Waals surface area contributed by atoms with Crippen LogP contribution in [0.3, 0.4) is 0 Å². The molecule has 145 valence electrons. The molecule has 0 spiro atoms. The summed E-state index contributed by atoms with van der Waals surface area (Å²) in [4.78, 5) is 8.93. The average molecular weight is 365 g/mol. The van der Waals surface area contributed by atoms with Gasteiger partial charge in [0.15, 0.2) is 0 Å². The maximum Gasteiger partial charge on any atom is 0.723 e. The molecule has 0 aliphatic carbocycles. The number of unbranched alkanes of at least 4 members (excludes halogenated alkanes) is 15. The van der Waals surface area contributed by atoms with Crippen LogP contribution < -0.4 is 5.90 Å². The van der Waals surface area contributed by atoms with Crippen molar-refractivity contribution in [1.29, 1.82) is 0 Å². The van der Waals surface area contributed by atoms with Crippen LogP contribution in [0, 0.1) is 0 Å². The first-order valence-corrected chi connectivity index (χ1v) is 11.5. The van der Waals surface area contributed by atoms with Crippen LogP contribution in [-0.2, 0) is 13.7 Å². The summed E-state index contributed by atoms with van der Waals surface area (Å²) in [5.41, 5.74) is 0. The molecule has 0 bridgehead atoms. The summed E-state index contributed by atoms with van der Waals surface area (Å²) in [7, 11) is -3.99. The number of hydrogen-bond acceptors (Lipinski definition) is 4. The number of phosphoric acid groups is 1. The fraction of sp³-hybridized carbons (Fsp3) is 1.00. The second-order valence-corrected chi connectivity index (χ2v) is 8.12. The van der Waals surface area contributed by atoms with Crippen LogP contribution in [0.2, 0.25) is 0 Å². The fourth-order valence-corrected chi connectivity index (χ4v) is 3.28. The minimum absolute atomic E-state index is 0.226. The zero-order valence-electron chi connectivity index (χ0n) is 15.7. The second kappa shape index (κ2) is 17.9. The first-order valence-electron chi connectivity index (χ1n) is 9.98. The van der Waals surface area contributed by atoms with Gasteiger partial charge in [-0.15, -0.1) is 0 Å². The molecule has 0 saturated carbocycles. The summed E-state index contributed by atoms with van der Waals surface area (Å²) in [6.45, 7) is 2.49. The lowest BCUT2D eigenvalue weighted by atomic mass is 10.0. The molecule has 0 aromatic rings. The fourth-order valence-electron chi connectivity index (χ4n) is 2.86. The maximum absolute atomic E-state index is 10.9. The predicted octanol–water partition coefficient (Wildman–Crippen LogP) is 6.26. The number of hydrogen-bond donors (Lipinski definition) is 2. The Balaban J connectivity index is 3.06. The minimum atomic E-state index is -3.99. The van der Waals surface area contributed by atoms with E-state index in [1.54, 1.807) is 0 Å². The van der Waals surface area contributed by atoms with Gasteiger partial charge < -0.3 is 0 Å². The van der Waals surface area contributed by atoms with Gasteiger partial charge in [-0.1, -0.05) is 101 Å². The molecule has 0 heterocycles. The molecule has 1 atom stereocenters. The Morgan fingerprint density at radius 2 is 1.08 bits per heavy atom. The molecule has 0 aromatic heterocycles. The Morgan fingerprint density at radius 3 is 1.42 bits per heavy atom. The summed E-state index contributed by atoms with van der Waals surface area (Å²) < 4.78 is 19.4. The maximum atomic E-state index is 10.9. The van der Waals surface area contributed by atoms with E-state index in [0.717, 1.165) is 19.3 Å². The lowest BCUT2D eigenvalue weighted by Gasteiger charge is -2.03. The molecular weight excluding hydrogens is 325 g/mol. The van der Waals surface area contributed by atoms with Crippen LogP contribution in [0.5, 0.6) is 0 Å². The van der Waals surface area contributed by atoms with Gasteiger partial charge in [-0.05, 0) is 6.42 Å². The lowest BCUT2D eigenvalue weighted by Crippen LogP contribution is -2.01. The van der Waals surface area contributed by atoms with Crippen LogP contribution in [0.15, 0.2) is 0 Å². The van der Waals surface area contributed by atoms with Gasteiger partial charge in [0.2, 0.25) is 6.61 Å². The molecule has 3 N–H and O–H groups in total. The third-order valence-electron chi connectivity index (χ3n) is 4.39. The Kier molecular flexibility index (Phi) is 17.9. The van der Waals surface area contributed by atoms with E-state index in [1.165, 1.54) is 83.5 Å². The molecule has 1 radical (unpaired) electrons. The highest BCUT2D eigenvalue weighted by Gasteiger charge is 2.35. The van der Waals surface area contributed by atoms with Gasteiger partial charge in [0.25, 0.3) is 0 Å². The number of nitrogens with two attached hydrogens (primary N) is 1.